The summed E-state index contributed by atoms with van der Waals surface area (Å²) in [6.07, 6.45) is 31.3. The molecule has 0 aliphatic carbocycles. The molecule has 0 aliphatic heterocycles. The zero-order valence-electron chi connectivity index (χ0n) is 30.8. The van der Waals surface area contributed by atoms with Gasteiger partial charge in [-0.15, -0.1) is 0 Å². The van der Waals surface area contributed by atoms with Gasteiger partial charge in [-0.25, -0.2) is 4.57 Å². The van der Waals surface area contributed by atoms with Crippen molar-refractivity contribution in [2.75, 3.05) is 40.9 Å². The zero-order chi connectivity index (χ0) is 34.4. The van der Waals surface area contributed by atoms with E-state index < -0.39 is 20.0 Å². The van der Waals surface area contributed by atoms with Gasteiger partial charge in [-0.1, -0.05) is 154 Å². The minimum Gasteiger partial charge on any atom is -0.387 e. The van der Waals surface area contributed by atoms with Crippen molar-refractivity contribution in [1.29, 1.82) is 0 Å². The number of phosphoric ester groups is 1. The van der Waals surface area contributed by atoms with Crippen molar-refractivity contribution in [1.82, 2.24) is 5.32 Å². The first-order valence-electron chi connectivity index (χ1n) is 19.1. The number of hydrogen-bond donors (Lipinski definition) is 3. The van der Waals surface area contributed by atoms with Crippen molar-refractivity contribution < 1.29 is 32.9 Å². The monoisotopic (exact) mass is 676 g/mol. The standard InChI is InChI=1S/C37H75N2O6P/c1-6-8-10-12-14-16-18-19-20-21-23-25-27-29-31-37(41)38-35(34-45-46(42,43)44-33-32-39(3,4)5)36(40)30-28-26-24-22-17-15-13-11-9-7-2/h28,30,35-36,40H,6-27,29,31-34H2,1-5H3,(H-,38,41,42,43)/p+1/b30-28+/t35-,36+/m0/s1. The van der Waals surface area contributed by atoms with Crippen LogP contribution in [0.2, 0.25) is 0 Å². The number of nitrogens with one attached hydrogen (secondary N) is 1. The average Bonchev–Trinajstić information content (AvgIpc) is 2.99. The highest BCUT2D eigenvalue weighted by atomic mass is 31.2. The fourth-order valence-electron chi connectivity index (χ4n) is 5.39. The van der Waals surface area contributed by atoms with E-state index >= 15 is 0 Å². The fraction of sp³-hybridized carbons (Fsp3) is 0.919. The van der Waals surface area contributed by atoms with Crippen molar-refractivity contribution in [2.24, 2.45) is 0 Å². The quantitative estimate of drug-likeness (QED) is 0.0272. The first-order chi connectivity index (χ1) is 22.0. The van der Waals surface area contributed by atoms with E-state index in [1.54, 1.807) is 6.08 Å². The van der Waals surface area contributed by atoms with Crippen molar-refractivity contribution in [3.05, 3.63) is 12.2 Å². The smallest absolute Gasteiger partial charge is 0.387 e. The number of aliphatic hydroxyl groups excluding tert-OH is 1. The summed E-state index contributed by atoms with van der Waals surface area (Å²) in [5.41, 5.74) is 0. The third kappa shape index (κ3) is 31.8. The summed E-state index contributed by atoms with van der Waals surface area (Å²) in [6.45, 7) is 4.78. The lowest BCUT2D eigenvalue weighted by atomic mass is 10.0. The summed E-state index contributed by atoms with van der Waals surface area (Å²) in [4.78, 5) is 22.9. The molecule has 8 nitrogen and oxygen atoms in total. The highest BCUT2D eigenvalue weighted by Gasteiger charge is 2.27. The minimum absolute atomic E-state index is 0.0640. The van der Waals surface area contributed by atoms with Crippen LogP contribution in [0, 0.1) is 0 Å². The minimum atomic E-state index is -4.32. The average molecular weight is 676 g/mol. The number of amides is 1. The molecule has 0 aliphatic rings. The predicted molar refractivity (Wildman–Crippen MR) is 194 cm³/mol. The van der Waals surface area contributed by atoms with E-state index in [4.69, 9.17) is 9.05 Å². The summed E-state index contributed by atoms with van der Waals surface area (Å²) in [6, 6.07) is -0.837. The van der Waals surface area contributed by atoms with Crippen LogP contribution in [0.25, 0.3) is 0 Å². The molecule has 0 saturated heterocycles. The van der Waals surface area contributed by atoms with E-state index in [1.807, 2.05) is 27.2 Å². The molecule has 0 rings (SSSR count). The Kier molecular flexibility index (Phi) is 29.8. The van der Waals surface area contributed by atoms with Crippen LogP contribution in [0.15, 0.2) is 12.2 Å². The number of phosphoric acid groups is 1. The first-order valence-corrected chi connectivity index (χ1v) is 20.6. The molecule has 0 radical (unpaired) electrons. The molecule has 0 spiro atoms. The molecule has 0 saturated carbocycles. The van der Waals surface area contributed by atoms with E-state index in [0.717, 1.165) is 38.5 Å². The Labute approximate surface area is 284 Å². The number of hydrogen-bond acceptors (Lipinski definition) is 5. The maximum absolute atomic E-state index is 12.8. The number of aliphatic hydroxyl groups is 1. The highest BCUT2D eigenvalue weighted by molar-refractivity contribution is 7.47. The highest BCUT2D eigenvalue weighted by Crippen LogP contribution is 2.43. The molecule has 274 valence electrons. The molecule has 46 heavy (non-hydrogen) atoms. The lowest BCUT2D eigenvalue weighted by Crippen LogP contribution is -2.45. The lowest BCUT2D eigenvalue weighted by molar-refractivity contribution is -0.870. The second-order valence-electron chi connectivity index (χ2n) is 14.3. The van der Waals surface area contributed by atoms with Crippen molar-refractivity contribution in [3.8, 4) is 0 Å². The van der Waals surface area contributed by atoms with Gasteiger partial charge >= 0.3 is 7.82 Å². The number of quaternary nitrogens is 1. The molecule has 0 bridgehead atoms. The Morgan fingerprint density at radius 3 is 1.61 bits per heavy atom. The molecule has 0 aromatic rings. The SMILES string of the molecule is CCCCCCCCCC/C=C/[C@@H](O)[C@H](COP(=O)(O)OCC[N+](C)(C)C)NC(=O)CCCCCCCCCCCCCCCC. The van der Waals surface area contributed by atoms with E-state index in [9.17, 15) is 19.4 Å². The molecule has 0 aromatic carbocycles. The summed E-state index contributed by atoms with van der Waals surface area (Å²) < 4.78 is 23.4. The second kappa shape index (κ2) is 30.3. The van der Waals surface area contributed by atoms with Gasteiger partial charge in [-0.3, -0.25) is 13.8 Å². The van der Waals surface area contributed by atoms with Crippen LogP contribution in [0.1, 0.15) is 168 Å². The van der Waals surface area contributed by atoms with Crippen LogP contribution in [0.5, 0.6) is 0 Å². The Morgan fingerprint density at radius 2 is 1.15 bits per heavy atom. The summed E-state index contributed by atoms with van der Waals surface area (Å²) in [5, 5.41) is 13.7. The van der Waals surface area contributed by atoms with Crippen LogP contribution < -0.4 is 5.32 Å². The Bertz CT molecular complexity index is 773. The van der Waals surface area contributed by atoms with Gasteiger partial charge < -0.3 is 19.8 Å². The number of carbonyl (C=O) groups excluding carboxylic acids is 1. The van der Waals surface area contributed by atoms with Crippen LogP contribution in [0.3, 0.4) is 0 Å². The summed E-state index contributed by atoms with van der Waals surface area (Å²) >= 11 is 0. The molecule has 0 aromatic heterocycles. The van der Waals surface area contributed by atoms with Gasteiger partial charge in [0.1, 0.15) is 13.2 Å². The normalized spacial score (nSPS) is 14.8. The number of carbonyl (C=O) groups is 1. The molecule has 9 heteroatoms. The Morgan fingerprint density at radius 1 is 0.717 bits per heavy atom. The second-order valence-corrected chi connectivity index (χ2v) is 15.8. The third-order valence-electron chi connectivity index (χ3n) is 8.51. The lowest BCUT2D eigenvalue weighted by Gasteiger charge is -2.25. The summed E-state index contributed by atoms with van der Waals surface area (Å²) in [7, 11) is 1.57. The number of rotatable bonds is 34. The van der Waals surface area contributed by atoms with Gasteiger partial charge in [0.05, 0.1) is 39.9 Å². The topological polar surface area (TPSA) is 105 Å². The van der Waals surface area contributed by atoms with Crippen LogP contribution in [-0.4, -0.2) is 73.4 Å². The Balaban J connectivity index is 4.49. The van der Waals surface area contributed by atoms with Crippen molar-refractivity contribution >= 4 is 13.7 Å². The molecular formula is C37H76N2O6P+. The molecule has 1 unspecified atom stereocenters. The van der Waals surface area contributed by atoms with E-state index in [2.05, 4.69) is 19.2 Å². The molecule has 3 N–H and O–H groups in total. The van der Waals surface area contributed by atoms with Crippen LogP contribution in [0.4, 0.5) is 0 Å². The number of likely N-dealkylation sites (N-methyl/N-ethyl adjacent to an activating group) is 1. The maximum atomic E-state index is 12.8. The van der Waals surface area contributed by atoms with Gasteiger partial charge in [0, 0.05) is 6.42 Å². The van der Waals surface area contributed by atoms with Gasteiger partial charge in [-0.2, -0.15) is 0 Å². The molecule has 1 amide bonds. The maximum Gasteiger partial charge on any atom is 0.472 e. The third-order valence-corrected chi connectivity index (χ3v) is 9.49. The predicted octanol–water partition coefficient (Wildman–Crippen LogP) is 9.63. The first kappa shape index (κ1) is 45.2. The van der Waals surface area contributed by atoms with Crippen LogP contribution in [-0.2, 0) is 18.4 Å². The van der Waals surface area contributed by atoms with Crippen molar-refractivity contribution in [2.45, 2.75) is 180 Å². The number of nitrogens with zero attached hydrogens (tertiary/aromatic N) is 1. The largest absolute Gasteiger partial charge is 0.472 e. The van der Waals surface area contributed by atoms with Gasteiger partial charge in [0.2, 0.25) is 5.91 Å². The van der Waals surface area contributed by atoms with E-state index in [0.29, 0.717) is 17.4 Å². The van der Waals surface area contributed by atoms with E-state index in [-0.39, 0.29) is 19.1 Å². The summed E-state index contributed by atoms with van der Waals surface area (Å²) in [5.74, 6) is -0.179. The Hall–Kier alpha value is -0.760. The fourth-order valence-corrected chi connectivity index (χ4v) is 6.13. The van der Waals surface area contributed by atoms with E-state index in [1.165, 1.54) is 109 Å². The number of unbranched alkanes of at least 4 members (excludes halogenated alkanes) is 21. The molecule has 3 atom stereocenters. The number of allylic oxidation sites excluding steroid dienone is 1. The van der Waals surface area contributed by atoms with Gasteiger partial charge in [-0.05, 0) is 19.3 Å². The van der Waals surface area contributed by atoms with Gasteiger partial charge in [0.15, 0.2) is 0 Å². The van der Waals surface area contributed by atoms with Crippen molar-refractivity contribution in [3.63, 3.8) is 0 Å². The van der Waals surface area contributed by atoms with Crippen LogP contribution >= 0.6 is 7.82 Å². The zero-order valence-corrected chi connectivity index (χ0v) is 31.7. The molecule has 0 fully saturated rings. The van der Waals surface area contributed by atoms with Gasteiger partial charge in [0.25, 0.3) is 0 Å². The molecule has 0 heterocycles. The molecular weight excluding hydrogens is 599 g/mol.